The number of nitrogens with two attached hydrogens (primary N) is 1. The molecule has 1 heterocycles. The summed E-state index contributed by atoms with van der Waals surface area (Å²) >= 11 is 0. The average molecular weight is 222 g/mol. The summed E-state index contributed by atoms with van der Waals surface area (Å²) in [6, 6.07) is 5.82. The molecule has 1 aromatic rings. The molecule has 0 spiro atoms. The minimum atomic E-state index is -0.467. The fraction of sp³-hybridized carbons (Fsp3) is 0.417. The third kappa shape index (κ3) is 1.59. The Morgan fingerprint density at radius 2 is 2.19 bits per heavy atom. The Morgan fingerprint density at radius 1 is 1.50 bits per heavy atom. The third-order valence-corrected chi connectivity index (χ3v) is 3.19. The van der Waals surface area contributed by atoms with E-state index >= 15 is 0 Å². The third-order valence-electron chi connectivity index (χ3n) is 3.19. The Morgan fingerprint density at radius 3 is 2.69 bits per heavy atom. The molecule has 1 fully saturated rings. The number of benzene rings is 1. The van der Waals surface area contributed by atoms with Crippen molar-refractivity contribution in [3.8, 4) is 0 Å². The van der Waals surface area contributed by atoms with Crippen LogP contribution < -0.4 is 10.6 Å². The van der Waals surface area contributed by atoms with E-state index in [1.165, 1.54) is 12.1 Å². The second kappa shape index (κ2) is 3.56. The van der Waals surface area contributed by atoms with Gasteiger partial charge in [0.25, 0.3) is 0 Å². The lowest BCUT2D eigenvalue weighted by molar-refractivity contribution is -0.117. The number of carbonyl (C=O) groups is 1. The molecule has 3 nitrogen and oxygen atoms in total. The second-order valence-electron chi connectivity index (χ2n) is 4.67. The Labute approximate surface area is 94.0 Å². The fourth-order valence-electron chi connectivity index (χ4n) is 2.11. The fourth-order valence-corrected chi connectivity index (χ4v) is 2.11. The van der Waals surface area contributed by atoms with Crippen molar-refractivity contribution in [2.75, 3.05) is 4.90 Å². The molecule has 1 unspecified atom stereocenters. The molecule has 1 aliphatic rings. The zero-order valence-electron chi connectivity index (χ0n) is 9.40. The van der Waals surface area contributed by atoms with Gasteiger partial charge in [-0.2, -0.15) is 0 Å². The number of rotatable bonds is 1. The first-order valence-electron chi connectivity index (χ1n) is 5.27. The highest BCUT2D eigenvalue weighted by Crippen LogP contribution is 2.33. The highest BCUT2D eigenvalue weighted by atomic mass is 19.1. The molecule has 0 radical (unpaired) electrons. The Hall–Kier alpha value is -1.42. The molecule has 1 aliphatic heterocycles. The molecule has 1 atom stereocenters. The van der Waals surface area contributed by atoms with E-state index in [0.717, 1.165) is 0 Å². The number of halogens is 1. The van der Waals surface area contributed by atoms with Crippen LogP contribution in [0.2, 0.25) is 0 Å². The van der Waals surface area contributed by atoms with Crippen LogP contribution >= 0.6 is 0 Å². The van der Waals surface area contributed by atoms with Crippen LogP contribution in [-0.2, 0) is 4.79 Å². The van der Waals surface area contributed by atoms with Crippen molar-refractivity contribution >= 4 is 11.6 Å². The highest BCUT2D eigenvalue weighted by molar-refractivity contribution is 5.98. The van der Waals surface area contributed by atoms with Gasteiger partial charge in [-0.15, -0.1) is 0 Å². The Bertz CT molecular complexity index is 431. The molecule has 0 saturated carbocycles. The van der Waals surface area contributed by atoms with Crippen LogP contribution in [0.4, 0.5) is 10.1 Å². The topological polar surface area (TPSA) is 46.3 Å². The van der Waals surface area contributed by atoms with Crippen molar-refractivity contribution in [2.24, 2.45) is 5.73 Å². The predicted octanol–water partition coefficient (Wildman–Crippen LogP) is 1.67. The number of carbonyl (C=O) groups excluding carboxylic acids is 1. The molecule has 1 saturated heterocycles. The summed E-state index contributed by atoms with van der Waals surface area (Å²) in [5.41, 5.74) is 6.02. The van der Waals surface area contributed by atoms with Gasteiger partial charge in [0.15, 0.2) is 0 Å². The van der Waals surface area contributed by atoms with E-state index in [0.29, 0.717) is 12.1 Å². The molecule has 1 aromatic carbocycles. The van der Waals surface area contributed by atoms with Crippen molar-refractivity contribution in [3.05, 3.63) is 30.1 Å². The van der Waals surface area contributed by atoms with Crippen LogP contribution in [0, 0.1) is 5.82 Å². The Balaban J connectivity index is 2.44. The predicted molar refractivity (Wildman–Crippen MR) is 60.6 cm³/mol. The monoisotopic (exact) mass is 222 g/mol. The van der Waals surface area contributed by atoms with Crippen molar-refractivity contribution in [3.63, 3.8) is 0 Å². The number of nitrogens with zero attached hydrogens (tertiary/aromatic N) is 1. The van der Waals surface area contributed by atoms with Crippen LogP contribution in [0.25, 0.3) is 0 Å². The summed E-state index contributed by atoms with van der Waals surface area (Å²) in [4.78, 5) is 13.4. The lowest BCUT2D eigenvalue weighted by atomic mass is 9.96. The van der Waals surface area contributed by atoms with E-state index in [2.05, 4.69) is 0 Å². The first kappa shape index (κ1) is 11.1. The second-order valence-corrected chi connectivity index (χ2v) is 4.67. The van der Waals surface area contributed by atoms with Gasteiger partial charge in [0.2, 0.25) is 5.91 Å². The highest BCUT2D eigenvalue weighted by Gasteiger charge is 2.45. The number of amides is 1. The molecule has 1 amide bonds. The SMILES string of the molecule is CC1(C)C(N)CC(=O)N1c1cccc(F)c1. The Kier molecular flexibility index (Phi) is 2.46. The van der Waals surface area contributed by atoms with Crippen LogP contribution in [0.15, 0.2) is 24.3 Å². The molecule has 0 aromatic heterocycles. The van der Waals surface area contributed by atoms with Gasteiger partial charge in [-0.05, 0) is 32.0 Å². The van der Waals surface area contributed by atoms with Gasteiger partial charge in [0.1, 0.15) is 5.82 Å². The average Bonchev–Trinajstić information content (AvgIpc) is 2.36. The minimum Gasteiger partial charge on any atom is -0.325 e. The molecule has 0 bridgehead atoms. The van der Waals surface area contributed by atoms with Crippen LogP contribution in [0.5, 0.6) is 0 Å². The number of hydrogen-bond donors (Lipinski definition) is 1. The van der Waals surface area contributed by atoms with E-state index in [9.17, 15) is 9.18 Å². The largest absolute Gasteiger partial charge is 0.325 e. The molecule has 0 aliphatic carbocycles. The van der Waals surface area contributed by atoms with Gasteiger partial charge < -0.3 is 10.6 Å². The normalized spacial score (nSPS) is 23.9. The van der Waals surface area contributed by atoms with E-state index in [1.807, 2.05) is 13.8 Å². The maximum absolute atomic E-state index is 13.1. The van der Waals surface area contributed by atoms with Gasteiger partial charge in [0.05, 0.1) is 5.54 Å². The van der Waals surface area contributed by atoms with Crippen molar-refractivity contribution in [2.45, 2.75) is 31.8 Å². The van der Waals surface area contributed by atoms with Gasteiger partial charge in [-0.25, -0.2) is 4.39 Å². The molecular weight excluding hydrogens is 207 g/mol. The molecule has 16 heavy (non-hydrogen) atoms. The molecule has 2 N–H and O–H groups in total. The summed E-state index contributed by atoms with van der Waals surface area (Å²) in [6.07, 6.45) is 0.309. The lowest BCUT2D eigenvalue weighted by Crippen LogP contribution is -2.49. The van der Waals surface area contributed by atoms with Crippen LogP contribution in [-0.4, -0.2) is 17.5 Å². The lowest BCUT2D eigenvalue weighted by Gasteiger charge is -2.34. The van der Waals surface area contributed by atoms with Crippen molar-refractivity contribution < 1.29 is 9.18 Å². The van der Waals surface area contributed by atoms with Crippen LogP contribution in [0.3, 0.4) is 0 Å². The van der Waals surface area contributed by atoms with Gasteiger partial charge >= 0.3 is 0 Å². The number of anilines is 1. The first-order valence-corrected chi connectivity index (χ1v) is 5.27. The molecule has 4 heteroatoms. The minimum absolute atomic E-state index is 0.0527. The van der Waals surface area contributed by atoms with E-state index in [-0.39, 0.29) is 17.8 Å². The van der Waals surface area contributed by atoms with Gasteiger partial charge in [-0.3, -0.25) is 4.79 Å². The van der Waals surface area contributed by atoms with Crippen LogP contribution in [0.1, 0.15) is 20.3 Å². The zero-order valence-corrected chi connectivity index (χ0v) is 9.40. The van der Waals surface area contributed by atoms with Gasteiger partial charge in [-0.1, -0.05) is 6.07 Å². The van der Waals surface area contributed by atoms with E-state index in [1.54, 1.807) is 17.0 Å². The summed E-state index contributed by atoms with van der Waals surface area (Å²) in [7, 11) is 0. The summed E-state index contributed by atoms with van der Waals surface area (Å²) in [6.45, 7) is 3.79. The summed E-state index contributed by atoms with van der Waals surface area (Å²) < 4.78 is 13.1. The summed E-state index contributed by atoms with van der Waals surface area (Å²) in [5.74, 6) is -0.398. The summed E-state index contributed by atoms with van der Waals surface area (Å²) in [5, 5.41) is 0. The standard InChI is InChI=1S/C12H15FN2O/c1-12(2)10(14)7-11(16)15(12)9-5-3-4-8(13)6-9/h3-6,10H,7,14H2,1-2H3. The smallest absolute Gasteiger partial charge is 0.229 e. The zero-order chi connectivity index (χ0) is 11.9. The quantitative estimate of drug-likeness (QED) is 0.785. The van der Waals surface area contributed by atoms with E-state index in [4.69, 9.17) is 5.73 Å². The van der Waals surface area contributed by atoms with E-state index < -0.39 is 5.54 Å². The van der Waals surface area contributed by atoms with Crippen molar-refractivity contribution in [1.29, 1.82) is 0 Å². The first-order chi connectivity index (χ1) is 7.43. The maximum Gasteiger partial charge on any atom is 0.229 e. The maximum atomic E-state index is 13.1. The molecule has 86 valence electrons. The van der Waals surface area contributed by atoms with Crippen molar-refractivity contribution in [1.82, 2.24) is 0 Å². The molecular formula is C12H15FN2O. The number of hydrogen-bond acceptors (Lipinski definition) is 2. The molecule has 2 rings (SSSR count). The van der Waals surface area contributed by atoms with Gasteiger partial charge in [0, 0.05) is 18.2 Å².